The van der Waals surface area contributed by atoms with E-state index in [0.717, 1.165) is 30.2 Å². The first-order valence-electron chi connectivity index (χ1n) is 7.42. The number of hydrogen-bond acceptors (Lipinski definition) is 1. The van der Waals surface area contributed by atoms with E-state index in [1.54, 1.807) is 0 Å². The molecule has 1 atom stereocenters. The molecule has 2 nitrogen and oxygen atoms in total. The maximum atomic E-state index is 11.6. The molecule has 0 aliphatic heterocycles. The van der Waals surface area contributed by atoms with Crippen LogP contribution in [-0.2, 0) is 11.2 Å². The van der Waals surface area contributed by atoms with Crippen LogP contribution in [0.25, 0.3) is 21.5 Å². The van der Waals surface area contributed by atoms with E-state index in [1.165, 1.54) is 21.7 Å². The number of carboxylic acids is 1. The molecule has 0 bridgehead atoms. The van der Waals surface area contributed by atoms with E-state index in [-0.39, 0.29) is 18.3 Å². The summed E-state index contributed by atoms with van der Waals surface area (Å²) in [6.07, 6.45) is 2.69. The van der Waals surface area contributed by atoms with Gasteiger partial charge in [0.25, 0.3) is 0 Å². The highest BCUT2D eigenvalue weighted by molar-refractivity contribution is 6.09. The van der Waals surface area contributed by atoms with Crippen LogP contribution in [0.4, 0.5) is 0 Å². The minimum atomic E-state index is -0.698. The van der Waals surface area contributed by atoms with E-state index in [0.29, 0.717) is 0 Å². The van der Waals surface area contributed by atoms with Crippen molar-refractivity contribution in [2.24, 2.45) is 0 Å². The summed E-state index contributed by atoms with van der Waals surface area (Å²) < 4.78 is 0. The molecule has 1 N–H and O–H groups in total. The first-order chi connectivity index (χ1) is 10.3. The van der Waals surface area contributed by atoms with E-state index >= 15 is 0 Å². The van der Waals surface area contributed by atoms with Crippen LogP contribution in [0.1, 0.15) is 29.9 Å². The second-order valence-electron chi connectivity index (χ2n) is 5.80. The van der Waals surface area contributed by atoms with Crippen LogP contribution in [0.2, 0.25) is 0 Å². The Kier molecular flexibility index (Phi) is 3.79. The van der Waals surface area contributed by atoms with Crippen molar-refractivity contribution in [2.45, 2.75) is 25.2 Å². The zero-order valence-corrected chi connectivity index (χ0v) is 12.9. The summed E-state index contributed by atoms with van der Waals surface area (Å²) in [7, 11) is 0. The van der Waals surface area contributed by atoms with Gasteiger partial charge in [-0.25, -0.2) is 0 Å². The molecule has 112 valence electrons. The largest absolute Gasteiger partial charge is 0.481 e. The van der Waals surface area contributed by atoms with Gasteiger partial charge in [-0.3, -0.25) is 4.79 Å². The first-order valence-corrected chi connectivity index (χ1v) is 7.42. The molecular formula is C19H17ClO2. The Morgan fingerprint density at radius 2 is 1.73 bits per heavy atom. The van der Waals surface area contributed by atoms with Crippen molar-refractivity contribution in [3.63, 3.8) is 0 Å². The van der Waals surface area contributed by atoms with Crippen LogP contribution in [0.15, 0.2) is 48.5 Å². The van der Waals surface area contributed by atoms with Crippen LogP contribution < -0.4 is 0 Å². The van der Waals surface area contributed by atoms with Gasteiger partial charge in [-0.15, -0.1) is 12.4 Å². The average Bonchev–Trinajstić information content (AvgIpc) is 2.53. The van der Waals surface area contributed by atoms with Crippen LogP contribution in [0, 0.1) is 0 Å². The minimum Gasteiger partial charge on any atom is -0.481 e. The van der Waals surface area contributed by atoms with Gasteiger partial charge in [0.1, 0.15) is 0 Å². The molecule has 0 amide bonds. The van der Waals surface area contributed by atoms with E-state index in [2.05, 4.69) is 36.4 Å². The SMILES string of the molecule is Cl.O=C(O)C1CCCc2ccc3c(ccc4ccccc43)c21. The van der Waals surface area contributed by atoms with Gasteiger partial charge >= 0.3 is 5.97 Å². The van der Waals surface area contributed by atoms with Gasteiger partial charge in [0.2, 0.25) is 0 Å². The summed E-state index contributed by atoms with van der Waals surface area (Å²) >= 11 is 0. The molecule has 1 aliphatic carbocycles. The molecule has 0 saturated heterocycles. The van der Waals surface area contributed by atoms with Gasteiger partial charge in [-0.2, -0.15) is 0 Å². The molecule has 0 heterocycles. The lowest BCUT2D eigenvalue weighted by Gasteiger charge is -2.24. The number of aryl methyl sites for hydroxylation is 1. The monoisotopic (exact) mass is 312 g/mol. The zero-order chi connectivity index (χ0) is 14.4. The van der Waals surface area contributed by atoms with Gasteiger partial charge < -0.3 is 5.11 Å². The van der Waals surface area contributed by atoms with Crippen LogP contribution >= 0.6 is 12.4 Å². The number of aliphatic carboxylic acids is 1. The molecule has 0 saturated carbocycles. The number of carboxylic acid groups (broad SMARTS) is 1. The molecule has 1 unspecified atom stereocenters. The average molecular weight is 313 g/mol. The van der Waals surface area contributed by atoms with Crippen molar-refractivity contribution in [2.75, 3.05) is 0 Å². The lowest BCUT2D eigenvalue weighted by Crippen LogP contribution is -2.18. The molecule has 3 heteroatoms. The lowest BCUT2D eigenvalue weighted by molar-refractivity contribution is -0.139. The smallest absolute Gasteiger partial charge is 0.311 e. The molecule has 0 aromatic heterocycles. The highest BCUT2D eigenvalue weighted by atomic mass is 35.5. The maximum absolute atomic E-state index is 11.6. The maximum Gasteiger partial charge on any atom is 0.311 e. The number of hydrogen-bond donors (Lipinski definition) is 1. The minimum absolute atomic E-state index is 0. The molecular weight excluding hydrogens is 296 g/mol. The quantitative estimate of drug-likeness (QED) is 0.648. The molecule has 0 fully saturated rings. The third kappa shape index (κ3) is 2.15. The normalized spacial score (nSPS) is 17.0. The van der Waals surface area contributed by atoms with E-state index < -0.39 is 5.97 Å². The fraction of sp³-hybridized carbons (Fsp3) is 0.211. The fourth-order valence-electron chi connectivity index (χ4n) is 3.67. The van der Waals surface area contributed by atoms with Crippen LogP contribution in [0.5, 0.6) is 0 Å². The number of fused-ring (bicyclic) bond motifs is 5. The zero-order valence-electron chi connectivity index (χ0n) is 12.1. The Morgan fingerprint density at radius 1 is 0.955 bits per heavy atom. The van der Waals surface area contributed by atoms with Crippen molar-refractivity contribution in [3.05, 3.63) is 59.7 Å². The van der Waals surface area contributed by atoms with Crippen molar-refractivity contribution < 1.29 is 9.90 Å². The second kappa shape index (κ2) is 5.62. The predicted octanol–water partition coefficient (Wildman–Crippen LogP) is 4.92. The number of halogens is 1. The molecule has 0 radical (unpaired) electrons. The lowest BCUT2D eigenvalue weighted by atomic mass is 9.79. The number of carbonyl (C=O) groups is 1. The van der Waals surface area contributed by atoms with Gasteiger partial charge in [-0.1, -0.05) is 48.5 Å². The Balaban J connectivity index is 0.00000144. The Morgan fingerprint density at radius 3 is 2.55 bits per heavy atom. The second-order valence-corrected chi connectivity index (χ2v) is 5.80. The van der Waals surface area contributed by atoms with Gasteiger partial charge in [0, 0.05) is 0 Å². The number of benzene rings is 3. The van der Waals surface area contributed by atoms with Crippen LogP contribution in [0.3, 0.4) is 0 Å². The molecule has 0 spiro atoms. The summed E-state index contributed by atoms with van der Waals surface area (Å²) in [6.45, 7) is 0. The third-order valence-electron chi connectivity index (χ3n) is 4.64. The molecule has 3 aromatic carbocycles. The van der Waals surface area contributed by atoms with Crippen molar-refractivity contribution in [1.29, 1.82) is 0 Å². The Bertz CT molecular complexity index is 870. The molecule has 3 aromatic rings. The summed E-state index contributed by atoms with van der Waals surface area (Å²) in [4.78, 5) is 11.6. The summed E-state index contributed by atoms with van der Waals surface area (Å²) in [5.74, 6) is -1.06. The Hall–Kier alpha value is -2.06. The topological polar surface area (TPSA) is 37.3 Å². The van der Waals surface area contributed by atoms with Crippen molar-refractivity contribution in [1.82, 2.24) is 0 Å². The summed E-state index contributed by atoms with van der Waals surface area (Å²) in [5, 5.41) is 14.2. The van der Waals surface area contributed by atoms with Crippen LogP contribution in [-0.4, -0.2) is 11.1 Å². The Labute approximate surface area is 135 Å². The van der Waals surface area contributed by atoms with Gasteiger partial charge in [0.15, 0.2) is 0 Å². The summed E-state index contributed by atoms with van der Waals surface area (Å²) in [6, 6.07) is 16.8. The highest BCUT2D eigenvalue weighted by Gasteiger charge is 2.28. The molecule has 1 aliphatic rings. The van der Waals surface area contributed by atoms with E-state index in [1.807, 2.05) is 12.1 Å². The molecule has 22 heavy (non-hydrogen) atoms. The highest BCUT2D eigenvalue weighted by Crippen LogP contribution is 2.39. The third-order valence-corrected chi connectivity index (χ3v) is 4.64. The fourth-order valence-corrected chi connectivity index (χ4v) is 3.67. The van der Waals surface area contributed by atoms with Crippen molar-refractivity contribution >= 4 is 39.9 Å². The van der Waals surface area contributed by atoms with E-state index in [4.69, 9.17) is 0 Å². The first kappa shape index (κ1) is 14.9. The van der Waals surface area contributed by atoms with Gasteiger partial charge in [-0.05, 0) is 51.9 Å². The van der Waals surface area contributed by atoms with Gasteiger partial charge in [0.05, 0.1) is 5.92 Å². The standard InChI is InChI=1S/C19H16O2.ClH/c20-19(21)17-7-3-5-13-9-10-15-14-6-2-1-4-12(14)8-11-16(15)18(13)17;/h1-2,4,6,8-11,17H,3,5,7H2,(H,20,21);1H. The molecule has 4 rings (SSSR count). The van der Waals surface area contributed by atoms with Crippen molar-refractivity contribution in [3.8, 4) is 0 Å². The summed E-state index contributed by atoms with van der Waals surface area (Å²) in [5.41, 5.74) is 2.24. The number of rotatable bonds is 1. The van der Waals surface area contributed by atoms with E-state index in [9.17, 15) is 9.90 Å². The predicted molar refractivity (Wildman–Crippen MR) is 92.0 cm³/mol.